The van der Waals surface area contributed by atoms with Gasteiger partial charge < -0.3 is 10.1 Å². The molecule has 3 aromatic carbocycles. The first-order chi connectivity index (χ1) is 13.9. The number of carbonyl (C=O) groups is 1. The first kappa shape index (κ1) is 20.8. The van der Waals surface area contributed by atoms with Crippen molar-refractivity contribution in [2.75, 3.05) is 13.2 Å². The maximum atomic E-state index is 12.0. The van der Waals surface area contributed by atoms with Crippen molar-refractivity contribution in [3.05, 3.63) is 72.3 Å². The Bertz CT molecular complexity index is 1070. The summed E-state index contributed by atoms with van der Waals surface area (Å²) in [4.78, 5) is 12.1. The molecule has 1 amide bonds. The van der Waals surface area contributed by atoms with E-state index in [2.05, 4.69) is 5.32 Å². The van der Waals surface area contributed by atoms with Gasteiger partial charge in [0.15, 0.2) is 0 Å². The van der Waals surface area contributed by atoms with Crippen LogP contribution in [-0.4, -0.2) is 27.5 Å². The van der Waals surface area contributed by atoms with E-state index in [0.717, 1.165) is 22.1 Å². The number of benzene rings is 3. The molecule has 0 radical (unpaired) electrons. The third-order valence-corrected chi connectivity index (χ3v) is 5.47. The standard InChI is InChI=1S/C22H24N2O4S/c23-29(26,27)19-12-10-17(11-13-19)14-15-24-22(25)9-4-16-28-21-8-3-6-18-5-1-2-7-20(18)21/h1-3,5-8,10-13H,4,9,14-16H2,(H,24,25)(H2,23,26,27). The van der Waals surface area contributed by atoms with Crippen molar-refractivity contribution in [2.24, 2.45) is 5.14 Å². The van der Waals surface area contributed by atoms with Gasteiger partial charge in [0.2, 0.25) is 15.9 Å². The Kier molecular flexibility index (Phi) is 6.85. The predicted octanol–water partition coefficient (Wildman–Crippen LogP) is 3.01. The van der Waals surface area contributed by atoms with Crippen LogP contribution >= 0.6 is 0 Å². The molecule has 3 rings (SSSR count). The van der Waals surface area contributed by atoms with Gasteiger partial charge in [-0.2, -0.15) is 0 Å². The van der Waals surface area contributed by atoms with Crippen LogP contribution < -0.4 is 15.2 Å². The zero-order chi connectivity index (χ0) is 20.7. The normalized spacial score (nSPS) is 11.3. The molecule has 0 bridgehead atoms. The summed E-state index contributed by atoms with van der Waals surface area (Å²) in [6.07, 6.45) is 1.62. The van der Waals surface area contributed by atoms with Crippen molar-refractivity contribution < 1.29 is 17.9 Å². The van der Waals surface area contributed by atoms with Gasteiger partial charge in [0.05, 0.1) is 11.5 Å². The van der Waals surface area contributed by atoms with Crippen LogP contribution in [-0.2, 0) is 21.2 Å². The number of ether oxygens (including phenoxy) is 1. The van der Waals surface area contributed by atoms with Gasteiger partial charge in [-0.3, -0.25) is 4.79 Å². The highest BCUT2D eigenvalue weighted by Crippen LogP contribution is 2.25. The molecule has 0 spiro atoms. The number of amides is 1. The number of nitrogens with two attached hydrogens (primary N) is 1. The Balaban J connectivity index is 1.37. The molecule has 3 aromatic rings. The summed E-state index contributed by atoms with van der Waals surface area (Å²) in [5.41, 5.74) is 0.928. The number of hydrogen-bond acceptors (Lipinski definition) is 4. The number of fused-ring (bicyclic) bond motifs is 1. The molecule has 0 fully saturated rings. The third-order valence-electron chi connectivity index (χ3n) is 4.54. The minimum atomic E-state index is -3.68. The molecule has 29 heavy (non-hydrogen) atoms. The number of primary sulfonamides is 1. The number of rotatable bonds is 9. The molecule has 0 aliphatic heterocycles. The highest BCUT2D eigenvalue weighted by atomic mass is 32.2. The van der Waals surface area contributed by atoms with E-state index in [9.17, 15) is 13.2 Å². The number of carbonyl (C=O) groups excluding carboxylic acids is 1. The van der Waals surface area contributed by atoms with Gasteiger partial charge >= 0.3 is 0 Å². The average Bonchev–Trinajstić information content (AvgIpc) is 2.71. The smallest absolute Gasteiger partial charge is 0.238 e. The van der Waals surface area contributed by atoms with Crippen molar-refractivity contribution in [1.29, 1.82) is 0 Å². The summed E-state index contributed by atoms with van der Waals surface area (Å²) < 4.78 is 28.3. The molecule has 0 unspecified atom stereocenters. The van der Waals surface area contributed by atoms with E-state index >= 15 is 0 Å². The molecular formula is C22H24N2O4S. The number of hydrogen-bond donors (Lipinski definition) is 2. The van der Waals surface area contributed by atoms with E-state index in [4.69, 9.17) is 9.88 Å². The van der Waals surface area contributed by atoms with Gasteiger partial charge in [-0.25, -0.2) is 13.6 Å². The first-order valence-corrected chi connectivity index (χ1v) is 11.0. The van der Waals surface area contributed by atoms with E-state index in [1.165, 1.54) is 12.1 Å². The zero-order valence-corrected chi connectivity index (χ0v) is 16.8. The van der Waals surface area contributed by atoms with Gasteiger partial charge in [-0.15, -0.1) is 0 Å². The molecule has 7 heteroatoms. The zero-order valence-electron chi connectivity index (χ0n) is 16.0. The highest BCUT2D eigenvalue weighted by Gasteiger charge is 2.07. The van der Waals surface area contributed by atoms with Crippen LogP contribution in [0.3, 0.4) is 0 Å². The number of sulfonamides is 1. The first-order valence-electron chi connectivity index (χ1n) is 9.42. The van der Waals surface area contributed by atoms with E-state index < -0.39 is 10.0 Å². The Labute approximate surface area is 170 Å². The fourth-order valence-corrected chi connectivity index (χ4v) is 3.53. The summed E-state index contributed by atoms with van der Waals surface area (Å²) in [5.74, 6) is 0.791. The molecule has 0 aliphatic rings. The van der Waals surface area contributed by atoms with Gasteiger partial charge in [0.1, 0.15) is 5.75 Å². The minimum absolute atomic E-state index is 0.0346. The Hall–Kier alpha value is -2.90. The topological polar surface area (TPSA) is 98.5 Å². The second-order valence-electron chi connectivity index (χ2n) is 6.72. The van der Waals surface area contributed by atoms with Crippen LogP contribution in [0.2, 0.25) is 0 Å². The average molecular weight is 413 g/mol. The lowest BCUT2D eigenvalue weighted by atomic mass is 10.1. The van der Waals surface area contributed by atoms with Gasteiger partial charge in [-0.1, -0.05) is 48.5 Å². The molecular weight excluding hydrogens is 388 g/mol. The summed E-state index contributed by atoms with van der Waals surface area (Å²) in [6, 6.07) is 20.3. The van der Waals surface area contributed by atoms with Gasteiger partial charge in [-0.05, 0) is 42.0 Å². The summed E-state index contributed by atoms with van der Waals surface area (Å²) in [6.45, 7) is 0.953. The summed E-state index contributed by atoms with van der Waals surface area (Å²) in [7, 11) is -3.68. The van der Waals surface area contributed by atoms with Crippen molar-refractivity contribution in [3.63, 3.8) is 0 Å². The molecule has 0 atom stereocenters. The van der Waals surface area contributed by atoms with Crippen LogP contribution in [0.25, 0.3) is 10.8 Å². The van der Waals surface area contributed by atoms with E-state index in [1.54, 1.807) is 12.1 Å². The number of nitrogens with one attached hydrogen (secondary N) is 1. The Morgan fingerprint density at radius 2 is 1.69 bits per heavy atom. The molecule has 0 heterocycles. The lowest BCUT2D eigenvalue weighted by molar-refractivity contribution is -0.121. The molecule has 0 aliphatic carbocycles. The van der Waals surface area contributed by atoms with Gasteiger partial charge in [0, 0.05) is 18.4 Å². The highest BCUT2D eigenvalue weighted by molar-refractivity contribution is 7.89. The van der Waals surface area contributed by atoms with Crippen molar-refractivity contribution in [1.82, 2.24) is 5.32 Å². The summed E-state index contributed by atoms with van der Waals surface area (Å²) >= 11 is 0. The van der Waals surface area contributed by atoms with Crippen molar-refractivity contribution >= 4 is 26.7 Å². The van der Waals surface area contributed by atoms with E-state index in [0.29, 0.717) is 32.4 Å². The SMILES string of the molecule is NS(=O)(=O)c1ccc(CCNC(=O)CCCOc2cccc3ccccc23)cc1. The van der Waals surface area contributed by atoms with Gasteiger partial charge in [0.25, 0.3) is 0 Å². The fraction of sp³-hybridized carbons (Fsp3) is 0.227. The monoisotopic (exact) mass is 412 g/mol. The molecule has 0 saturated heterocycles. The van der Waals surface area contributed by atoms with Crippen molar-refractivity contribution in [2.45, 2.75) is 24.2 Å². The van der Waals surface area contributed by atoms with Crippen LogP contribution in [0.5, 0.6) is 5.75 Å². The molecule has 3 N–H and O–H groups in total. The van der Waals surface area contributed by atoms with Crippen LogP contribution in [0, 0.1) is 0 Å². The van der Waals surface area contributed by atoms with Crippen LogP contribution in [0.15, 0.2) is 71.6 Å². The third kappa shape index (κ3) is 6.04. The van der Waals surface area contributed by atoms with E-state index in [1.807, 2.05) is 42.5 Å². The van der Waals surface area contributed by atoms with E-state index in [-0.39, 0.29) is 10.8 Å². The molecule has 152 valence electrons. The molecule has 6 nitrogen and oxygen atoms in total. The minimum Gasteiger partial charge on any atom is -0.493 e. The maximum absolute atomic E-state index is 12.0. The lowest BCUT2D eigenvalue weighted by Gasteiger charge is -2.09. The fourth-order valence-electron chi connectivity index (χ4n) is 3.02. The predicted molar refractivity (Wildman–Crippen MR) is 113 cm³/mol. The van der Waals surface area contributed by atoms with Crippen molar-refractivity contribution in [3.8, 4) is 5.75 Å². The van der Waals surface area contributed by atoms with Crippen LogP contribution in [0.1, 0.15) is 18.4 Å². The second-order valence-corrected chi connectivity index (χ2v) is 8.28. The second kappa shape index (κ2) is 9.54. The Morgan fingerprint density at radius 3 is 2.45 bits per heavy atom. The maximum Gasteiger partial charge on any atom is 0.238 e. The van der Waals surface area contributed by atoms with Crippen LogP contribution in [0.4, 0.5) is 0 Å². The quantitative estimate of drug-likeness (QED) is 0.528. The molecule has 0 aromatic heterocycles. The Morgan fingerprint density at radius 1 is 0.966 bits per heavy atom. The molecule has 0 saturated carbocycles. The summed E-state index contributed by atoms with van der Waals surface area (Å²) in [5, 5.41) is 10.1. The lowest BCUT2D eigenvalue weighted by Crippen LogP contribution is -2.25. The largest absolute Gasteiger partial charge is 0.493 e.